The van der Waals surface area contributed by atoms with Crippen LogP contribution in [0.5, 0.6) is 28.7 Å². The number of aryl methyl sites for hydroxylation is 3. The van der Waals surface area contributed by atoms with Crippen molar-refractivity contribution in [3.8, 4) is 28.7 Å². The molecular weight excluding hydrogens is 402 g/mol. The molecule has 0 aliphatic carbocycles. The van der Waals surface area contributed by atoms with Crippen LogP contribution in [0.1, 0.15) is 16.7 Å². The summed E-state index contributed by atoms with van der Waals surface area (Å²) in [5.74, 6) is 1.13. The van der Waals surface area contributed by atoms with Gasteiger partial charge in [0, 0.05) is 6.07 Å². The molecular formula is C27H25NO4. The molecule has 4 rings (SSSR count). The minimum atomic E-state index is 0.0552. The molecule has 0 fully saturated rings. The third kappa shape index (κ3) is 4.18. The zero-order valence-corrected chi connectivity index (χ0v) is 18.2. The van der Waals surface area contributed by atoms with Crippen molar-refractivity contribution in [2.24, 2.45) is 0 Å². The standard InChI is InChI=1S/C27H25NO4/c1-17-10-12-22(25(30)14-17)28(23-13-11-18(2)15-26(23)31)20-7-5-8-21(16-20)32-27-19(3)6-4-9-24(27)29/h4-16,29-31H,1-3H3. The summed E-state index contributed by atoms with van der Waals surface area (Å²) in [5.41, 5.74) is 4.36. The van der Waals surface area contributed by atoms with Gasteiger partial charge in [0.05, 0.1) is 17.1 Å². The molecule has 3 N–H and O–H groups in total. The number of para-hydroxylation sites is 1. The Bertz CT molecular complexity index is 1210. The predicted octanol–water partition coefficient (Wildman–Crippen LogP) is 6.99. The second-order valence-corrected chi connectivity index (χ2v) is 7.84. The van der Waals surface area contributed by atoms with Gasteiger partial charge in [-0.1, -0.05) is 30.3 Å². The van der Waals surface area contributed by atoms with E-state index in [1.165, 1.54) is 0 Å². The Morgan fingerprint density at radius 1 is 0.625 bits per heavy atom. The second-order valence-electron chi connectivity index (χ2n) is 7.84. The first-order valence-corrected chi connectivity index (χ1v) is 10.3. The van der Waals surface area contributed by atoms with Gasteiger partial charge in [-0.15, -0.1) is 0 Å². The van der Waals surface area contributed by atoms with Crippen LogP contribution in [0.2, 0.25) is 0 Å². The van der Waals surface area contributed by atoms with E-state index in [4.69, 9.17) is 4.74 Å². The van der Waals surface area contributed by atoms with Gasteiger partial charge in [-0.05, 0) is 79.9 Å². The van der Waals surface area contributed by atoms with E-state index in [1.807, 2.05) is 63.2 Å². The highest BCUT2D eigenvalue weighted by Gasteiger charge is 2.20. The largest absolute Gasteiger partial charge is 0.506 e. The molecule has 32 heavy (non-hydrogen) atoms. The summed E-state index contributed by atoms with van der Waals surface area (Å²) in [4.78, 5) is 1.77. The molecule has 0 spiro atoms. The van der Waals surface area contributed by atoms with Crippen LogP contribution >= 0.6 is 0 Å². The first-order chi connectivity index (χ1) is 15.3. The van der Waals surface area contributed by atoms with E-state index in [0.717, 1.165) is 16.7 Å². The molecule has 0 heterocycles. The number of benzene rings is 4. The SMILES string of the molecule is Cc1ccc(N(c2cccc(Oc3c(C)cccc3O)c2)c2ccc(C)cc2O)c(O)c1. The number of aromatic hydroxyl groups is 3. The van der Waals surface area contributed by atoms with Crippen molar-refractivity contribution in [3.05, 3.63) is 95.6 Å². The van der Waals surface area contributed by atoms with E-state index >= 15 is 0 Å². The number of hydrogen-bond acceptors (Lipinski definition) is 5. The third-order valence-electron chi connectivity index (χ3n) is 5.23. The average molecular weight is 428 g/mol. The lowest BCUT2D eigenvalue weighted by Crippen LogP contribution is -2.10. The molecule has 0 saturated heterocycles. The molecule has 0 aliphatic rings. The minimum Gasteiger partial charge on any atom is -0.506 e. The average Bonchev–Trinajstić information content (AvgIpc) is 2.74. The summed E-state index contributed by atoms with van der Waals surface area (Å²) in [5, 5.41) is 31.6. The molecule has 0 aromatic heterocycles. The van der Waals surface area contributed by atoms with Crippen LogP contribution < -0.4 is 9.64 Å². The van der Waals surface area contributed by atoms with Crippen molar-refractivity contribution in [2.75, 3.05) is 4.90 Å². The number of hydrogen-bond donors (Lipinski definition) is 3. The number of phenolic OH excluding ortho intramolecular Hbond substituents is 3. The van der Waals surface area contributed by atoms with Gasteiger partial charge in [-0.2, -0.15) is 0 Å². The van der Waals surface area contributed by atoms with Gasteiger partial charge < -0.3 is 25.0 Å². The van der Waals surface area contributed by atoms with E-state index in [-0.39, 0.29) is 17.2 Å². The molecule has 5 heteroatoms. The van der Waals surface area contributed by atoms with E-state index < -0.39 is 0 Å². The molecule has 0 atom stereocenters. The summed E-state index contributed by atoms with van der Waals surface area (Å²) in [6, 6.07) is 23.3. The van der Waals surface area contributed by atoms with Gasteiger partial charge in [-0.3, -0.25) is 0 Å². The van der Waals surface area contributed by atoms with Crippen molar-refractivity contribution >= 4 is 17.1 Å². The van der Waals surface area contributed by atoms with Gasteiger partial charge in [-0.25, -0.2) is 0 Å². The Kier molecular flexibility index (Phi) is 5.65. The molecule has 0 radical (unpaired) electrons. The normalized spacial score (nSPS) is 10.7. The van der Waals surface area contributed by atoms with Crippen molar-refractivity contribution < 1.29 is 20.1 Å². The van der Waals surface area contributed by atoms with Crippen molar-refractivity contribution in [3.63, 3.8) is 0 Å². The third-order valence-corrected chi connectivity index (χ3v) is 5.23. The zero-order chi connectivity index (χ0) is 22.8. The molecule has 0 aliphatic heterocycles. The second kappa shape index (κ2) is 8.55. The summed E-state index contributed by atoms with van der Waals surface area (Å²) in [6.45, 7) is 5.67. The molecule has 0 bridgehead atoms. The first-order valence-electron chi connectivity index (χ1n) is 10.3. The summed E-state index contributed by atoms with van der Waals surface area (Å²) in [6.07, 6.45) is 0. The fraction of sp³-hybridized carbons (Fsp3) is 0.111. The maximum absolute atomic E-state index is 10.7. The lowest BCUT2D eigenvalue weighted by Gasteiger charge is -2.27. The Morgan fingerprint density at radius 3 is 1.78 bits per heavy atom. The monoisotopic (exact) mass is 427 g/mol. The highest BCUT2D eigenvalue weighted by molar-refractivity contribution is 5.83. The lowest BCUT2D eigenvalue weighted by atomic mass is 10.1. The summed E-state index contributed by atoms with van der Waals surface area (Å²) < 4.78 is 6.00. The van der Waals surface area contributed by atoms with E-state index in [0.29, 0.717) is 28.6 Å². The maximum Gasteiger partial charge on any atom is 0.171 e. The summed E-state index contributed by atoms with van der Waals surface area (Å²) in [7, 11) is 0. The van der Waals surface area contributed by atoms with Crippen LogP contribution in [0.3, 0.4) is 0 Å². The van der Waals surface area contributed by atoms with Gasteiger partial charge in [0.15, 0.2) is 11.5 Å². The molecule has 162 valence electrons. The maximum atomic E-state index is 10.7. The Morgan fingerprint density at radius 2 is 1.22 bits per heavy atom. The lowest BCUT2D eigenvalue weighted by molar-refractivity contribution is 0.409. The fourth-order valence-electron chi connectivity index (χ4n) is 3.63. The zero-order valence-electron chi connectivity index (χ0n) is 18.2. The van der Waals surface area contributed by atoms with E-state index in [2.05, 4.69) is 0 Å². The topological polar surface area (TPSA) is 73.2 Å². The Labute approximate surface area is 187 Å². The van der Waals surface area contributed by atoms with Gasteiger partial charge in [0.25, 0.3) is 0 Å². The molecule has 4 aromatic rings. The van der Waals surface area contributed by atoms with Gasteiger partial charge >= 0.3 is 0 Å². The van der Waals surface area contributed by atoms with Crippen LogP contribution in [0.25, 0.3) is 0 Å². The Balaban J connectivity index is 1.84. The fourth-order valence-corrected chi connectivity index (χ4v) is 3.63. The van der Waals surface area contributed by atoms with Crippen LogP contribution in [0.15, 0.2) is 78.9 Å². The molecule has 0 saturated carbocycles. The number of anilines is 3. The van der Waals surface area contributed by atoms with Crippen LogP contribution in [-0.4, -0.2) is 15.3 Å². The number of ether oxygens (including phenoxy) is 1. The Hall–Kier alpha value is -4.12. The highest BCUT2D eigenvalue weighted by atomic mass is 16.5. The van der Waals surface area contributed by atoms with E-state index in [9.17, 15) is 15.3 Å². The van der Waals surface area contributed by atoms with Crippen LogP contribution in [-0.2, 0) is 0 Å². The molecule has 0 amide bonds. The van der Waals surface area contributed by atoms with E-state index in [1.54, 1.807) is 41.3 Å². The van der Waals surface area contributed by atoms with Gasteiger partial charge in [0.1, 0.15) is 17.2 Å². The van der Waals surface area contributed by atoms with Crippen LogP contribution in [0, 0.1) is 20.8 Å². The summed E-state index contributed by atoms with van der Waals surface area (Å²) >= 11 is 0. The molecule has 4 aromatic carbocycles. The van der Waals surface area contributed by atoms with Crippen molar-refractivity contribution in [1.82, 2.24) is 0 Å². The highest BCUT2D eigenvalue weighted by Crippen LogP contribution is 2.45. The first kappa shape index (κ1) is 21.1. The quantitative estimate of drug-likeness (QED) is 0.320. The smallest absolute Gasteiger partial charge is 0.171 e. The van der Waals surface area contributed by atoms with Crippen molar-refractivity contribution in [2.45, 2.75) is 20.8 Å². The number of phenols is 3. The number of nitrogens with zero attached hydrogens (tertiary/aromatic N) is 1. The minimum absolute atomic E-state index is 0.0552. The molecule has 5 nitrogen and oxygen atoms in total. The number of rotatable bonds is 5. The molecule has 0 unspecified atom stereocenters. The predicted molar refractivity (Wildman–Crippen MR) is 127 cm³/mol. The van der Waals surface area contributed by atoms with Crippen molar-refractivity contribution in [1.29, 1.82) is 0 Å². The van der Waals surface area contributed by atoms with Gasteiger partial charge in [0.2, 0.25) is 0 Å². The van der Waals surface area contributed by atoms with Crippen LogP contribution in [0.4, 0.5) is 17.1 Å².